The Labute approximate surface area is 137 Å². The molecule has 102 valence electrons. The zero-order chi connectivity index (χ0) is 14.1. The van der Waals surface area contributed by atoms with Crippen LogP contribution in [0.25, 0.3) is 22.3 Å². The molecule has 20 heavy (non-hydrogen) atoms. The van der Waals surface area contributed by atoms with E-state index in [1.54, 1.807) is 34.7 Å². The summed E-state index contributed by atoms with van der Waals surface area (Å²) >= 11 is 8.47. The quantitative estimate of drug-likeness (QED) is 0.584. The summed E-state index contributed by atoms with van der Waals surface area (Å²) in [5.74, 6) is 0.580. The van der Waals surface area contributed by atoms with Crippen molar-refractivity contribution in [2.24, 2.45) is 0 Å². The Morgan fingerprint density at radius 1 is 1.25 bits per heavy atom. The van der Waals surface area contributed by atoms with Crippen molar-refractivity contribution in [3.63, 3.8) is 0 Å². The van der Waals surface area contributed by atoms with Gasteiger partial charge in [-0.05, 0) is 18.2 Å². The fourth-order valence-electron chi connectivity index (χ4n) is 2.00. The normalized spacial score (nSPS) is 10.9. The highest BCUT2D eigenvalue weighted by Crippen LogP contribution is 2.36. The molecule has 3 aromatic rings. The molecule has 0 unspecified atom stereocenters. The number of ether oxygens (including phenoxy) is 1. The second-order valence-corrected chi connectivity index (χ2v) is 6.10. The lowest BCUT2D eigenvalue weighted by atomic mass is 10.2. The molecule has 0 amide bonds. The van der Waals surface area contributed by atoms with Gasteiger partial charge in [0.1, 0.15) is 0 Å². The molecule has 0 saturated carbocycles. The van der Waals surface area contributed by atoms with Crippen LogP contribution in [-0.4, -0.2) is 21.1 Å². The monoisotopic (exact) mass is 417 g/mol. The maximum Gasteiger partial charge on any atom is 0.213 e. The van der Waals surface area contributed by atoms with Gasteiger partial charge in [0.05, 0.1) is 17.8 Å². The summed E-state index contributed by atoms with van der Waals surface area (Å²) in [7, 11) is 3.16. The summed E-state index contributed by atoms with van der Waals surface area (Å²) in [6.45, 7) is 0. The van der Waals surface area contributed by atoms with Crippen LogP contribution in [0.5, 0.6) is 5.88 Å². The van der Waals surface area contributed by atoms with Gasteiger partial charge in [-0.25, -0.2) is 9.97 Å². The molecule has 3 rings (SSSR count). The van der Waals surface area contributed by atoms with Crippen LogP contribution in [0.2, 0.25) is 5.02 Å². The maximum atomic E-state index is 6.24. The van der Waals surface area contributed by atoms with E-state index in [-0.39, 0.29) is 0 Å². The van der Waals surface area contributed by atoms with Crippen molar-refractivity contribution in [2.45, 2.75) is 0 Å². The van der Waals surface area contributed by atoms with E-state index in [0.717, 1.165) is 22.3 Å². The highest BCUT2D eigenvalue weighted by molar-refractivity contribution is 14.2. The van der Waals surface area contributed by atoms with Gasteiger partial charge in [-0.3, -0.25) is 3.97 Å². The van der Waals surface area contributed by atoms with Gasteiger partial charge < -0.3 is 4.74 Å². The molecular formula is C13H9ClIN3OS. The number of fused-ring (bicyclic) bond motifs is 1. The van der Waals surface area contributed by atoms with Gasteiger partial charge in [0, 0.05) is 59.7 Å². The summed E-state index contributed by atoms with van der Waals surface area (Å²) in [6.07, 6.45) is 3.44. The van der Waals surface area contributed by atoms with Crippen LogP contribution in [0, 0.1) is 0 Å². The Morgan fingerprint density at radius 2 is 2.05 bits per heavy atom. The first-order chi connectivity index (χ1) is 9.74. The first kappa shape index (κ1) is 14.0. The van der Waals surface area contributed by atoms with Gasteiger partial charge in [-0.1, -0.05) is 11.6 Å². The van der Waals surface area contributed by atoms with E-state index in [9.17, 15) is 0 Å². The Hall–Kier alpha value is -0.990. The smallest absolute Gasteiger partial charge is 0.213 e. The van der Waals surface area contributed by atoms with Gasteiger partial charge in [0.15, 0.2) is 5.65 Å². The van der Waals surface area contributed by atoms with Crippen LogP contribution in [-0.2, 0) is 0 Å². The number of pyridine rings is 2. The van der Waals surface area contributed by atoms with E-state index >= 15 is 0 Å². The van der Waals surface area contributed by atoms with Crippen LogP contribution >= 0.6 is 41.9 Å². The second kappa shape index (κ2) is 5.79. The SMILES string of the molecule is COc1cc(-c2cc3c(Cl)ccnc3n2SI)ccn1. The predicted molar refractivity (Wildman–Crippen MR) is 91.5 cm³/mol. The van der Waals surface area contributed by atoms with Crippen LogP contribution in [0.15, 0.2) is 36.7 Å². The zero-order valence-corrected chi connectivity index (χ0v) is 14.1. The number of hydrogen-bond donors (Lipinski definition) is 0. The first-order valence-electron chi connectivity index (χ1n) is 5.70. The van der Waals surface area contributed by atoms with Crippen molar-refractivity contribution in [1.82, 2.24) is 13.9 Å². The molecule has 0 atom stereocenters. The van der Waals surface area contributed by atoms with Crippen LogP contribution in [0.1, 0.15) is 0 Å². The average molecular weight is 418 g/mol. The summed E-state index contributed by atoms with van der Waals surface area (Å²) in [6, 6.07) is 7.66. The Balaban J connectivity index is 2.27. The second-order valence-electron chi connectivity index (χ2n) is 4.01. The lowest BCUT2D eigenvalue weighted by molar-refractivity contribution is 0.398. The van der Waals surface area contributed by atoms with Crippen molar-refractivity contribution in [3.05, 3.63) is 41.7 Å². The number of hydrogen-bond acceptors (Lipinski definition) is 4. The minimum Gasteiger partial charge on any atom is -0.481 e. The lowest BCUT2D eigenvalue weighted by Gasteiger charge is -2.06. The van der Waals surface area contributed by atoms with E-state index in [2.05, 4.69) is 31.2 Å². The molecule has 0 fully saturated rings. The molecule has 0 saturated heterocycles. The molecule has 0 aliphatic carbocycles. The predicted octanol–water partition coefficient (Wildman–Crippen LogP) is 4.61. The molecule has 0 radical (unpaired) electrons. The molecule has 0 aromatic carbocycles. The molecule has 0 aliphatic heterocycles. The third kappa shape index (κ3) is 2.36. The molecule has 3 heterocycles. The zero-order valence-electron chi connectivity index (χ0n) is 10.4. The average Bonchev–Trinajstić information content (AvgIpc) is 2.87. The molecular weight excluding hydrogens is 409 g/mol. The minimum absolute atomic E-state index is 0.580. The Morgan fingerprint density at radius 3 is 2.80 bits per heavy atom. The van der Waals surface area contributed by atoms with Gasteiger partial charge in [-0.15, -0.1) is 0 Å². The third-order valence-corrected chi connectivity index (χ3v) is 4.94. The summed E-state index contributed by atoms with van der Waals surface area (Å²) in [5, 5.41) is 1.63. The van der Waals surface area contributed by atoms with Crippen molar-refractivity contribution >= 4 is 53.0 Å². The standard InChI is InChI=1S/C13H9ClIN3OS/c1-19-12-6-8(2-4-16-12)11-7-9-10(14)3-5-17-13(9)18(11)20-15/h2-7H,1H3. The minimum atomic E-state index is 0.580. The molecule has 0 aliphatic rings. The highest BCUT2D eigenvalue weighted by atomic mass is 127. The number of halogens is 2. The van der Waals surface area contributed by atoms with Crippen LogP contribution < -0.4 is 4.74 Å². The maximum absolute atomic E-state index is 6.24. The molecule has 0 bridgehead atoms. The van der Waals surface area contributed by atoms with E-state index < -0.39 is 0 Å². The van der Waals surface area contributed by atoms with Crippen molar-refractivity contribution < 1.29 is 4.74 Å². The summed E-state index contributed by atoms with van der Waals surface area (Å²) in [4.78, 5) is 8.54. The van der Waals surface area contributed by atoms with Crippen molar-refractivity contribution in [3.8, 4) is 17.1 Å². The van der Waals surface area contributed by atoms with Crippen molar-refractivity contribution in [1.29, 1.82) is 0 Å². The molecule has 7 heteroatoms. The fraction of sp³-hybridized carbons (Fsp3) is 0.0769. The third-order valence-electron chi connectivity index (χ3n) is 2.92. The van der Waals surface area contributed by atoms with Gasteiger partial charge in [0.2, 0.25) is 5.88 Å². The molecule has 0 N–H and O–H groups in total. The van der Waals surface area contributed by atoms with Crippen LogP contribution in [0.4, 0.5) is 0 Å². The topological polar surface area (TPSA) is 39.9 Å². The molecule has 4 nitrogen and oxygen atoms in total. The van der Waals surface area contributed by atoms with Crippen molar-refractivity contribution in [2.75, 3.05) is 7.11 Å². The van der Waals surface area contributed by atoms with Gasteiger partial charge in [-0.2, -0.15) is 0 Å². The van der Waals surface area contributed by atoms with Crippen LogP contribution in [0.3, 0.4) is 0 Å². The van der Waals surface area contributed by atoms with E-state index in [0.29, 0.717) is 10.9 Å². The largest absolute Gasteiger partial charge is 0.481 e. The number of nitrogens with zero attached hydrogens (tertiary/aromatic N) is 3. The highest BCUT2D eigenvalue weighted by Gasteiger charge is 2.14. The first-order valence-corrected chi connectivity index (χ1v) is 9.39. The van der Waals surface area contributed by atoms with E-state index in [1.165, 1.54) is 0 Å². The Bertz CT molecular complexity index is 777. The number of aromatic nitrogens is 3. The van der Waals surface area contributed by atoms with E-state index in [4.69, 9.17) is 16.3 Å². The summed E-state index contributed by atoms with van der Waals surface area (Å²) in [5.41, 5.74) is 2.87. The molecule has 3 aromatic heterocycles. The van der Waals surface area contributed by atoms with Gasteiger partial charge in [0.25, 0.3) is 0 Å². The Kier molecular flexibility index (Phi) is 4.04. The fourth-order valence-corrected chi connectivity index (χ4v) is 3.83. The van der Waals surface area contributed by atoms with Gasteiger partial charge >= 0.3 is 0 Å². The number of rotatable bonds is 3. The summed E-state index contributed by atoms with van der Waals surface area (Å²) < 4.78 is 7.22. The number of methoxy groups -OCH3 is 1. The molecule has 0 spiro atoms. The lowest BCUT2D eigenvalue weighted by Crippen LogP contribution is -1.91. The van der Waals surface area contributed by atoms with E-state index in [1.807, 2.05) is 22.2 Å².